The summed E-state index contributed by atoms with van der Waals surface area (Å²) in [5.74, 6) is -4.21. The van der Waals surface area contributed by atoms with Gasteiger partial charge in [0.05, 0.1) is 18.4 Å². The van der Waals surface area contributed by atoms with Crippen molar-refractivity contribution in [1.29, 1.82) is 0 Å². The minimum absolute atomic E-state index is 0.155. The van der Waals surface area contributed by atoms with Crippen LogP contribution in [0.25, 0.3) is 16.9 Å². The van der Waals surface area contributed by atoms with Crippen LogP contribution < -0.4 is 20.7 Å². The first-order valence-corrected chi connectivity index (χ1v) is 12.9. The van der Waals surface area contributed by atoms with Crippen LogP contribution >= 0.6 is 0 Å². The monoisotopic (exact) mass is 587 g/mol. The highest BCUT2D eigenvalue weighted by molar-refractivity contribution is 5.98. The van der Waals surface area contributed by atoms with Crippen molar-refractivity contribution in [3.8, 4) is 17.0 Å². The zero-order chi connectivity index (χ0) is 30.4. The molecule has 3 N–H and O–H groups in total. The molecule has 0 aliphatic carbocycles. The van der Waals surface area contributed by atoms with Gasteiger partial charge in [0.2, 0.25) is 11.7 Å². The molecule has 222 valence electrons. The van der Waals surface area contributed by atoms with Crippen LogP contribution in [0.1, 0.15) is 22.8 Å². The zero-order valence-corrected chi connectivity index (χ0v) is 23.1. The number of carbonyl (C=O) groups is 2. The van der Waals surface area contributed by atoms with Gasteiger partial charge in [-0.2, -0.15) is 13.2 Å². The molecule has 10 nitrogen and oxygen atoms in total. The summed E-state index contributed by atoms with van der Waals surface area (Å²) in [5, 5.41) is 8.49. The summed E-state index contributed by atoms with van der Waals surface area (Å²) in [6.07, 6.45) is 4.74. The van der Waals surface area contributed by atoms with Crippen molar-refractivity contribution < 1.29 is 31.9 Å². The maximum atomic E-state index is 14.8. The molecule has 0 bridgehead atoms. The van der Waals surface area contributed by atoms with Crippen LogP contribution in [-0.4, -0.2) is 71.4 Å². The summed E-state index contributed by atoms with van der Waals surface area (Å²) >= 11 is 0. The number of alkyl halides is 2. The van der Waals surface area contributed by atoms with E-state index >= 15 is 0 Å². The highest BCUT2D eigenvalue weighted by atomic mass is 19.3. The highest BCUT2D eigenvalue weighted by Crippen LogP contribution is 2.32. The summed E-state index contributed by atoms with van der Waals surface area (Å²) < 4.78 is 59.6. The standard InChI is InChI=1S/C28H29F4N7O3/c1-4-16-13-17(5-6-18(16)27(41)36-15-22(40)33-9-11-38(2)3)37-25-26-35-14-20(39(26)12-10-34-25)19-7-8-21(42-28(31)32)24(30)23(19)29/h5-8,10,12-14,28H,4,9,11,15H2,1-3H3,(H,33,40)(H,34,37)(H,36,41). The third-order valence-electron chi connectivity index (χ3n) is 6.25. The minimum atomic E-state index is -3.30. The summed E-state index contributed by atoms with van der Waals surface area (Å²) in [7, 11) is 3.78. The van der Waals surface area contributed by atoms with E-state index in [2.05, 4.69) is 30.7 Å². The van der Waals surface area contributed by atoms with Gasteiger partial charge < -0.3 is 25.6 Å². The van der Waals surface area contributed by atoms with Crippen LogP contribution in [0.3, 0.4) is 0 Å². The highest BCUT2D eigenvalue weighted by Gasteiger charge is 2.21. The first kappa shape index (κ1) is 30.2. The van der Waals surface area contributed by atoms with E-state index in [4.69, 9.17) is 0 Å². The number of aromatic nitrogens is 3. The number of carbonyl (C=O) groups excluding carboxylic acids is 2. The number of nitrogens with zero attached hydrogens (tertiary/aromatic N) is 4. The molecule has 2 amide bonds. The van der Waals surface area contributed by atoms with E-state index in [0.29, 0.717) is 36.3 Å². The zero-order valence-electron chi connectivity index (χ0n) is 23.1. The molecule has 0 radical (unpaired) electrons. The smallest absolute Gasteiger partial charge is 0.387 e. The molecule has 4 rings (SSSR count). The van der Waals surface area contributed by atoms with E-state index in [9.17, 15) is 27.2 Å². The van der Waals surface area contributed by atoms with E-state index in [1.165, 1.54) is 23.0 Å². The average molecular weight is 588 g/mol. The van der Waals surface area contributed by atoms with Crippen molar-refractivity contribution >= 4 is 29.0 Å². The minimum Gasteiger partial charge on any atom is -0.432 e. The average Bonchev–Trinajstić information content (AvgIpc) is 3.39. The number of benzene rings is 2. The fourth-order valence-electron chi connectivity index (χ4n) is 4.18. The molecule has 0 atom stereocenters. The largest absolute Gasteiger partial charge is 0.432 e. The van der Waals surface area contributed by atoms with Gasteiger partial charge in [0.1, 0.15) is 0 Å². The number of fused-ring (bicyclic) bond motifs is 1. The molecular formula is C28H29F4N7O3. The normalized spacial score (nSPS) is 11.3. The van der Waals surface area contributed by atoms with Gasteiger partial charge in [-0.15, -0.1) is 0 Å². The van der Waals surface area contributed by atoms with Gasteiger partial charge >= 0.3 is 6.61 Å². The Morgan fingerprint density at radius 1 is 1.07 bits per heavy atom. The van der Waals surface area contributed by atoms with Crippen LogP contribution in [0.2, 0.25) is 0 Å². The summed E-state index contributed by atoms with van der Waals surface area (Å²) in [4.78, 5) is 35.3. The number of ether oxygens (including phenoxy) is 1. The Kier molecular flexibility index (Phi) is 9.57. The Balaban J connectivity index is 1.52. The van der Waals surface area contributed by atoms with E-state index in [1.807, 2.05) is 25.9 Å². The second-order valence-electron chi connectivity index (χ2n) is 9.42. The molecule has 0 fully saturated rings. The Morgan fingerprint density at radius 3 is 2.57 bits per heavy atom. The quantitative estimate of drug-likeness (QED) is 0.215. The number of halogens is 4. The first-order chi connectivity index (χ1) is 20.1. The molecule has 0 spiro atoms. The van der Waals surface area contributed by atoms with Crippen LogP contribution in [0, 0.1) is 11.6 Å². The molecule has 0 aliphatic heterocycles. The molecule has 14 heteroatoms. The molecule has 2 aromatic heterocycles. The third-order valence-corrected chi connectivity index (χ3v) is 6.25. The van der Waals surface area contributed by atoms with Gasteiger partial charge in [0.25, 0.3) is 5.91 Å². The van der Waals surface area contributed by atoms with Gasteiger partial charge in [-0.3, -0.25) is 14.0 Å². The van der Waals surface area contributed by atoms with Gasteiger partial charge in [-0.05, 0) is 56.4 Å². The van der Waals surface area contributed by atoms with E-state index < -0.39 is 29.9 Å². The van der Waals surface area contributed by atoms with Gasteiger partial charge in [0.15, 0.2) is 23.0 Å². The maximum absolute atomic E-state index is 14.8. The molecule has 0 unspecified atom stereocenters. The van der Waals surface area contributed by atoms with E-state index in [1.54, 1.807) is 18.2 Å². The fraction of sp³-hybridized carbons (Fsp3) is 0.286. The van der Waals surface area contributed by atoms with Crippen molar-refractivity contribution in [3.63, 3.8) is 0 Å². The SMILES string of the molecule is CCc1cc(Nc2nccn3c(-c4ccc(OC(F)F)c(F)c4F)cnc23)ccc1C(=O)NCC(=O)NCCN(C)C. The predicted molar refractivity (Wildman–Crippen MR) is 148 cm³/mol. The van der Waals surface area contributed by atoms with Crippen LogP contribution in [-0.2, 0) is 11.2 Å². The molecule has 0 saturated heterocycles. The lowest BCUT2D eigenvalue weighted by Crippen LogP contribution is -2.39. The maximum Gasteiger partial charge on any atom is 0.387 e. The molecule has 4 aromatic rings. The summed E-state index contributed by atoms with van der Waals surface area (Å²) in [6.45, 7) is -0.430. The third kappa shape index (κ3) is 6.94. The lowest BCUT2D eigenvalue weighted by atomic mass is 10.0. The van der Waals surface area contributed by atoms with Crippen molar-refractivity contribution in [2.75, 3.05) is 39.0 Å². The molecule has 2 aromatic carbocycles. The van der Waals surface area contributed by atoms with Crippen LogP contribution in [0.15, 0.2) is 48.9 Å². The number of amides is 2. The van der Waals surface area contributed by atoms with Crippen molar-refractivity contribution in [2.45, 2.75) is 20.0 Å². The number of nitrogens with one attached hydrogen (secondary N) is 3. The van der Waals surface area contributed by atoms with Crippen molar-refractivity contribution in [3.05, 3.63) is 71.7 Å². The molecule has 0 saturated carbocycles. The lowest BCUT2D eigenvalue weighted by molar-refractivity contribution is -0.120. The number of likely N-dealkylation sites (N-methyl/N-ethyl adjacent to an activating group) is 1. The van der Waals surface area contributed by atoms with Crippen molar-refractivity contribution in [1.82, 2.24) is 29.9 Å². The second kappa shape index (κ2) is 13.3. The number of rotatable bonds is 12. The predicted octanol–water partition coefficient (Wildman–Crippen LogP) is 3.99. The molecule has 2 heterocycles. The second-order valence-corrected chi connectivity index (χ2v) is 9.42. The Morgan fingerprint density at radius 2 is 1.86 bits per heavy atom. The number of imidazole rings is 1. The molecule has 0 aliphatic rings. The van der Waals surface area contributed by atoms with Crippen molar-refractivity contribution in [2.24, 2.45) is 0 Å². The molecule has 42 heavy (non-hydrogen) atoms. The van der Waals surface area contributed by atoms with Gasteiger partial charge in [-0.25, -0.2) is 14.4 Å². The summed E-state index contributed by atoms with van der Waals surface area (Å²) in [6, 6.07) is 7.09. The number of anilines is 2. The number of aryl methyl sites for hydroxylation is 1. The van der Waals surface area contributed by atoms with Crippen LogP contribution in [0.4, 0.5) is 29.1 Å². The van der Waals surface area contributed by atoms with Crippen LogP contribution in [0.5, 0.6) is 5.75 Å². The number of hydrogen-bond acceptors (Lipinski definition) is 7. The Bertz CT molecular complexity index is 1590. The lowest BCUT2D eigenvalue weighted by Gasteiger charge is -2.13. The van der Waals surface area contributed by atoms with Gasteiger partial charge in [-0.1, -0.05) is 6.92 Å². The Hall–Kier alpha value is -4.72. The van der Waals surface area contributed by atoms with E-state index in [0.717, 1.165) is 12.1 Å². The molecular weight excluding hydrogens is 558 g/mol. The summed E-state index contributed by atoms with van der Waals surface area (Å²) in [5.41, 5.74) is 1.93. The number of hydrogen-bond donors (Lipinski definition) is 3. The Labute approximate surface area is 238 Å². The fourth-order valence-corrected chi connectivity index (χ4v) is 4.18. The van der Waals surface area contributed by atoms with Gasteiger partial charge in [0, 0.05) is 42.3 Å². The topological polar surface area (TPSA) is 113 Å². The van der Waals surface area contributed by atoms with E-state index in [-0.39, 0.29) is 35.2 Å². The first-order valence-electron chi connectivity index (χ1n) is 12.9.